The molecule has 0 bridgehead atoms. The summed E-state index contributed by atoms with van der Waals surface area (Å²) in [5, 5.41) is 15.8. The largest absolute Gasteiger partial charge is 0.393 e. The zero-order chi connectivity index (χ0) is 18.6. The lowest BCUT2D eigenvalue weighted by Gasteiger charge is -2.29. The van der Waals surface area contributed by atoms with Crippen molar-refractivity contribution in [3.63, 3.8) is 0 Å². The first-order valence-electron chi connectivity index (χ1n) is 8.85. The predicted octanol–water partition coefficient (Wildman–Crippen LogP) is 2.34. The van der Waals surface area contributed by atoms with Crippen LogP contribution in [-0.4, -0.2) is 56.7 Å². The molecule has 2 amide bonds. The van der Waals surface area contributed by atoms with Gasteiger partial charge in [-0.2, -0.15) is 0 Å². The summed E-state index contributed by atoms with van der Waals surface area (Å²) in [7, 11) is 0. The number of hydrogen-bond donors (Lipinski definition) is 2. The molecular weight excluding hydrogens is 350 g/mol. The molecule has 8 heteroatoms. The molecule has 2 aromatic rings. The van der Waals surface area contributed by atoms with Crippen molar-refractivity contribution in [2.45, 2.75) is 39.2 Å². The Morgan fingerprint density at radius 2 is 2.31 bits per heavy atom. The van der Waals surface area contributed by atoms with Gasteiger partial charge in [-0.1, -0.05) is 13.8 Å². The Hall–Kier alpha value is -2.06. The van der Waals surface area contributed by atoms with E-state index in [9.17, 15) is 9.90 Å². The van der Waals surface area contributed by atoms with E-state index in [1.165, 1.54) is 11.3 Å². The molecule has 2 N–H and O–H groups in total. The van der Waals surface area contributed by atoms with Crippen LogP contribution in [0.3, 0.4) is 0 Å². The van der Waals surface area contributed by atoms with Gasteiger partial charge in [-0.05, 0) is 18.3 Å². The normalized spacial score (nSPS) is 19.8. The number of aliphatic hydroxyl groups is 1. The van der Waals surface area contributed by atoms with Crippen molar-refractivity contribution in [2.75, 3.05) is 19.6 Å². The first-order chi connectivity index (χ1) is 12.4. The number of aliphatic hydroxyl groups excluding tert-OH is 1. The Morgan fingerprint density at radius 3 is 3.08 bits per heavy atom. The van der Waals surface area contributed by atoms with Crippen LogP contribution in [0.5, 0.6) is 0 Å². The third-order valence-corrected chi connectivity index (χ3v) is 5.33. The van der Waals surface area contributed by atoms with Crippen molar-refractivity contribution in [3.8, 4) is 10.7 Å². The van der Waals surface area contributed by atoms with Crippen LogP contribution >= 0.6 is 11.3 Å². The zero-order valence-electron chi connectivity index (χ0n) is 15.2. The average molecular weight is 375 g/mol. The summed E-state index contributed by atoms with van der Waals surface area (Å²) in [6.45, 7) is 5.95. The summed E-state index contributed by atoms with van der Waals surface area (Å²) in [6, 6.07) is -0.0726. The van der Waals surface area contributed by atoms with Gasteiger partial charge < -0.3 is 15.3 Å². The van der Waals surface area contributed by atoms with Gasteiger partial charge in [-0.3, -0.25) is 9.97 Å². The van der Waals surface area contributed by atoms with Crippen LogP contribution in [0.25, 0.3) is 10.7 Å². The molecule has 2 aromatic heterocycles. The number of rotatable bonds is 4. The zero-order valence-corrected chi connectivity index (χ0v) is 16.0. The van der Waals surface area contributed by atoms with Crippen LogP contribution in [0, 0.1) is 5.41 Å². The molecule has 1 saturated heterocycles. The first kappa shape index (κ1) is 18.7. The maximum absolute atomic E-state index is 12.5. The molecule has 3 rings (SSSR count). The van der Waals surface area contributed by atoms with E-state index in [-0.39, 0.29) is 17.6 Å². The average Bonchev–Trinajstić information content (AvgIpc) is 3.02. The predicted molar refractivity (Wildman–Crippen MR) is 101 cm³/mol. The highest BCUT2D eigenvalue weighted by atomic mass is 32.1. The van der Waals surface area contributed by atoms with Crippen molar-refractivity contribution in [2.24, 2.45) is 5.41 Å². The Kier molecular flexibility index (Phi) is 5.83. The number of amides is 2. The lowest BCUT2D eigenvalue weighted by Crippen LogP contribution is -2.44. The van der Waals surface area contributed by atoms with Gasteiger partial charge in [0.25, 0.3) is 0 Å². The van der Waals surface area contributed by atoms with Gasteiger partial charge in [0.1, 0.15) is 10.7 Å². The molecule has 1 aliphatic rings. The molecule has 1 atom stereocenters. The van der Waals surface area contributed by atoms with E-state index >= 15 is 0 Å². The van der Waals surface area contributed by atoms with Gasteiger partial charge in [-0.15, -0.1) is 11.3 Å². The van der Waals surface area contributed by atoms with Crippen molar-refractivity contribution >= 4 is 17.4 Å². The van der Waals surface area contributed by atoms with E-state index in [0.29, 0.717) is 32.5 Å². The van der Waals surface area contributed by atoms with Crippen LogP contribution in [0.1, 0.15) is 32.4 Å². The second-order valence-electron chi connectivity index (χ2n) is 7.45. The number of likely N-dealkylation sites (tertiary alicyclic amines) is 1. The van der Waals surface area contributed by atoms with E-state index in [2.05, 4.69) is 34.1 Å². The minimum atomic E-state index is -0.336. The second-order valence-corrected chi connectivity index (χ2v) is 8.31. The molecule has 1 aliphatic heterocycles. The van der Waals surface area contributed by atoms with E-state index < -0.39 is 0 Å². The van der Waals surface area contributed by atoms with Crippen LogP contribution in [-0.2, 0) is 6.42 Å². The lowest BCUT2D eigenvalue weighted by atomic mass is 9.87. The maximum atomic E-state index is 12.5. The molecular formula is C18H25N5O2S. The molecule has 1 fully saturated rings. The monoisotopic (exact) mass is 375 g/mol. The summed E-state index contributed by atoms with van der Waals surface area (Å²) in [4.78, 5) is 27.1. The lowest BCUT2D eigenvalue weighted by molar-refractivity contribution is 0.121. The van der Waals surface area contributed by atoms with Crippen molar-refractivity contribution in [1.82, 2.24) is 25.2 Å². The molecule has 0 saturated carbocycles. The minimum Gasteiger partial charge on any atom is -0.393 e. The van der Waals surface area contributed by atoms with Gasteiger partial charge in [0.15, 0.2) is 0 Å². The highest BCUT2D eigenvalue weighted by Crippen LogP contribution is 2.28. The molecule has 0 unspecified atom stereocenters. The Labute approximate surface area is 157 Å². The molecule has 26 heavy (non-hydrogen) atoms. The minimum absolute atomic E-state index is 0.0726. The molecule has 0 radical (unpaired) electrons. The van der Waals surface area contributed by atoms with Crippen LogP contribution < -0.4 is 5.32 Å². The van der Waals surface area contributed by atoms with Crippen molar-refractivity contribution in [1.29, 1.82) is 0 Å². The first-order valence-corrected chi connectivity index (χ1v) is 9.72. The summed E-state index contributed by atoms with van der Waals surface area (Å²) in [5.74, 6) is 0. The Bertz CT molecular complexity index is 734. The number of carbonyl (C=O) groups excluding carboxylic acids is 1. The highest BCUT2D eigenvalue weighted by Gasteiger charge is 2.31. The van der Waals surface area contributed by atoms with Gasteiger partial charge in [0, 0.05) is 43.8 Å². The van der Waals surface area contributed by atoms with Crippen LogP contribution in [0.4, 0.5) is 4.79 Å². The second kappa shape index (κ2) is 8.09. The van der Waals surface area contributed by atoms with E-state index in [1.807, 2.05) is 10.3 Å². The third kappa shape index (κ3) is 4.98. The highest BCUT2D eigenvalue weighted by molar-refractivity contribution is 7.13. The smallest absolute Gasteiger partial charge is 0.317 e. The van der Waals surface area contributed by atoms with Gasteiger partial charge in [-0.25, -0.2) is 9.78 Å². The summed E-state index contributed by atoms with van der Waals surface area (Å²) >= 11 is 1.53. The fourth-order valence-electron chi connectivity index (χ4n) is 3.24. The Morgan fingerprint density at radius 1 is 1.46 bits per heavy atom. The maximum Gasteiger partial charge on any atom is 0.317 e. The number of nitrogens with one attached hydrogen (secondary N) is 1. The summed E-state index contributed by atoms with van der Waals surface area (Å²) < 4.78 is 0. The van der Waals surface area contributed by atoms with Crippen LogP contribution in [0.15, 0.2) is 24.0 Å². The quantitative estimate of drug-likeness (QED) is 0.856. The summed E-state index contributed by atoms with van der Waals surface area (Å²) in [5.41, 5.74) is 1.62. The molecule has 0 aliphatic carbocycles. The van der Waals surface area contributed by atoms with Crippen molar-refractivity contribution in [3.05, 3.63) is 29.7 Å². The van der Waals surface area contributed by atoms with Gasteiger partial charge in [0.05, 0.1) is 18.0 Å². The van der Waals surface area contributed by atoms with Gasteiger partial charge >= 0.3 is 6.03 Å². The fraction of sp³-hybridized carbons (Fsp3) is 0.556. The van der Waals surface area contributed by atoms with E-state index in [1.54, 1.807) is 18.6 Å². The number of carbonyl (C=O) groups is 1. The van der Waals surface area contributed by atoms with Crippen LogP contribution in [0.2, 0.25) is 0 Å². The number of thiazole rings is 1. The Balaban J connectivity index is 1.50. The number of aromatic nitrogens is 3. The van der Waals surface area contributed by atoms with E-state index in [0.717, 1.165) is 22.8 Å². The van der Waals surface area contributed by atoms with E-state index in [4.69, 9.17) is 0 Å². The van der Waals surface area contributed by atoms with Crippen molar-refractivity contribution < 1.29 is 9.90 Å². The molecule has 3 heterocycles. The third-order valence-electron chi connectivity index (χ3n) is 4.42. The number of hydrogen-bond acceptors (Lipinski definition) is 6. The standard InChI is InChI=1S/C18H25N5O2S/c1-18(2)9-14(24)4-8-23(12-18)17(25)21-5-3-13-11-26-16(22-13)15-10-19-6-7-20-15/h6-7,10-11,14,24H,3-5,8-9,12H2,1-2H3,(H,21,25)/t14-/m0/s1. The molecule has 7 nitrogen and oxygen atoms in total. The molecule has 140 valence electrons. The fourth-order valence-corrected chi connectivity index (χ4v) is 4.05. The molecule has 0 spiro atoms. The number of nitrogens with zero attached hydrogens (tertiary/aromatic N) is 4. The summed E-state index contributed by atoms with van der Waals surface area (Å²) in [6.07, 6.45) is 6.66. The SMILES string of the molecule is CC1(C)C[C@@H](O)CCN(C(=O)NCCc2csc(-c3cnccn3)n2)C1. The number of urea groups is 1. The van der Waals surface area contributed by atoms with Gasteiger partial charge in [0.2, 0.25) is 0 Å². The molecule has 0 aromatic carbocycles. The topological polar surface area (TPSA) is 91.2 Å².